The van der Waals surface area contributed by atoms with Crippen LogP contribution in [0.1, 0.15) is 6.92 Å². The predicted molar refractivity (Wildman–Crippen MR) is 82.8 cm³/mol. The highest BCUT2D eigenvalue weighted by Gasteiger charge is 2.24. The number of thiophene rings is 1. The third-order valence-electron chi connectivity index (χ3n) is 3.38. The van der Waals surface area contributed by atoms with Crippen molar-refractivity contribution in [1.29, 1.82) is 0 Å². The summed E-state index contributed by atoms with van der Waals surface area (Å²) in [4.78, 5) is 14.1. The largest absolute Gasteiger partial charge is 0.377 e. The van der Waals surface area contributed by atoms with Gasteiger partial charge in [-0.2, -0.15) is 0 Å². The molecular formula is C14H15ClN2O2S. The Morgan fingerprint density at radius 2 is 2.30 bits per heavy atom. The zero-order valence-corrected chi connectivity index (χ0v) is 12.6. The lowest BCUT2D eigenvalue weighted by atomic mass is 10.2. The monoisotopic (exact) mass is 310 g/mol. The van der Waals surface area contributed by atoms with E-state index in [1.807, 2.05) is 31.2 Å². The molecule has 2 aromatic rings. The van der Waals surface area contributed by atoms with Crippen molar-refractivity contribution in [2.45, 2.75) is 13.0 Å². The van der Waals surface area contributed by atoms with Crippen LogP contribution in [-0.2, 0) is 4.74 Å². The van der Waals surface area contributed by atoms with Gasteiger partial charge in [-0.15, -0.1) is 11.3 Å². The minimum atomic E-state index is -0.116. The van der Waals surface area contributed by atoms with Crippen molar-refractivity contribution in [2.24, 2.45) is 0 Å². The van der Waals surface area contributed by atoms with Gasteiger partial charge in [0, 0.05) is 16.6 Å². The zero-order chi connectivity index (χ0) is 14.1. The van der Waals surface area contributed by atoms with Gasteiger partial charge in [0.1, 0.15) is 5.00 Å². The van der Waals surface area contributed by atoms with Gasteiger partial charge in [0.15, 0.2) is 0 Å². The molecule has 0 bridgehead atoms. The highest BCUT2D eigenvalue weighted by atomic mass is 35.5. The molecule has 1 aliphatic rings. The molecule has 0 radical (unpaired) electrons. The molecule has 1 aliphatic heterocycles. The van der Waals surface area contributed by atoms with Crippen LogP contribution in [0.3, 0.4) is 0 Å². The number of carbonyl (C=O) groups is 1. The van der Waals surface area contributed by atoms with Gasteiger partial charge >= 0.3 is 6.03 Å². The summed E-state index contributed by atoms with van der Waals surface area (Å²) in [7, 11) is 0. The average Bonchev–Trinajstić information content (AvgIpc) is 2.76. The maximum atomic E-state index is 12.3. The summed E-state index contributed by atoms with van der Waals surface area (Å²) in [6.45, 7) is 3.74. The molecule has 1 fully saturated rings. The maximum absolute atomic E-state index is 12.3. The van der Waals surface area contributed by atoms with Gasteiger partial charge < -0.3 is 9.64 Å². The average molecular weight is 311 g/mol. The minimum Gasteiger partial charge on any atom is -0.377 e. The van der Waals surface area contributed by atoms with Crippen molar-refractivity contribution in [1.82, 2.24) is 4.90 Å². The number of hydrogen-bond donors (Lipinski definition) is 1. The molecule has 4 nitrogen and oxygen atoms in total. The van der Waals surface area contributed by atoms with E-state index in [2.05, 4.69) is 5.32 Å². The number of anilines is 1. The van der Waals surface area contributed by atoms with Crippen LogP contribution in [0.4, 0.5) is 9.80 Å². The lowest BCUT2D eigenvalue weighted by molar-refractivity contribution is 0.0222. The van der Waals surface area contributed by atoms with Gasteiger partial charge in [-0.3, -0.25) is 5.32 Å². The van der Waals surface area contributed by atoms with E-state index in [1.54, 1.807) is 4.90 Å². The van der Waals surface area contributed by atoms with Crippen molar-refractivity contribution in [3.05, 3.63) is 29.3 Å². The summed E-state index contributed by atoms with van der Waals surface area (Å²) in [5.74, 6) is 0. The number of benzene rings is 1. The predicted octanol–water partition coefficient (Wildman–Crippen LogP) is 3.81. The van der Waals surface area contributed by atoms with E-state index in [9.17, 15) is 4.79 Å². The fourth-order valence-corrected chi connectivity index (χ4v) is 3.66. The maximum Gasteiger partial charge on any atom is 0.322 e. The van der Waals surface area contributed by atoms with Crippen molar-refractivity contribution in [2.75, 3.05) is 25.1 Å². The molecule has 3 rings (SSSR count). The molecule has 1 saturated heterocycles. The number of rotatable bonds is 1. The fraction of sp³-hybridized carbons (Fsp3) is 0.357. The Hall–Kier alpha value is -1.30. The second-order valence-corrected chi connectivity index (χ2v) is 6.22. The number of halogens is 1. The molecule has 1 N–H and O–H groups in total. The molecule has 0 spiro atoms. The van der Waals surface area contributed by atoms with Crippen LogP contribution >= 0.6 is 22.9 Å². The van der Waals surface area contributed by atoms with Gasteiger partial charge in [0.2, 0.25) is 0 Å². The number of morpholine rings is 1. The molecule has 1 aromatic carbocycles. The van der Waals surface area contributed by atoms with Gasteiger partial charge in [0.25, 0.3) is 0 Å². The van der Waals surface area contributed by atoms with Crippen LogP contribution in [0.5, 0.6) is 0 Å². The Balaban J connectivity index is 1.82. The number of carbonyl (C=O) groups excluding carboxylic acids is 1. The lowest BCUT2D eigenvalue weighted by Gasteiger charge is -2.33. The smallest absolute Gasteiger partial charge is 0.322 e. The number of nitrogens with zero attached hydrogens (tertiary/aromatic N) is 1. The summed E-state index contributed by atoms with van der Waals surface area (Å²) in [6, 6.07) is 7.83. The number of fused-ring (bicyclic) bond motifs is 1. The van der Waals surface area contributed by atoms with Gasteiger partial charge in [-0.05, 0) is 13.0 Å². The molecule has 0 aliphatic carbocycles. The summed E-state index contributed by atoms with van der Waals surface area (Å²) < 4.78 is 6.41. The summed E-state index contributed by atoms with van der Waals surface area (Å²) in [5.41, 5.74) is 0. The van der Waals surface area contributed by atoms with Gasteiger partial charge in [0.05, 0.1) is 24.3 Å². The van der Waals surface area contributed by atoms with E-state index in [0.717, 1.165) is 10.1 Å². The first-order valence-corrected chi connectivity index (χ1v) is 7.68. The van der Waals surface area contributed by atoms with Crippen LogP contribution < -0.4 is 5.32 Å². The number of ether oxygens (including phenoxy) is 1. The van der Waals surface area contributed by atoms with E-state index < -0.39 is 0 Å². The zero-order valence-electron chi connectivity index (χ0n) is 11.1. The molecule has 1 unspecified atom stereocenters. The van der Waals surface area contributed by atoms with Crippen LogP contribution in [0.15, 0.2) is 24.3 Å². The molecule has 6 heteroatoms. The normalized spacial score (nSPS) is 19.3. The number of urea groups is 1. The Labute approximate surface area is 126 Å². The second kappa shape index (κ2) is 5.60. The molecule has 1 atom stereocenters. The minimum absolute atomic E-state index is 0.0805. The fourth-order valence-electron chi connectivity index (χ4n) is 2.29. The topological polar surface area (TPSA) is 41.6 Å². The van der Waals surface area contributed by atoms with Crippen molar-refractivity contribution < 1.29 is 9.53 Å². The first-order valence-electron chi connectivity index (χ1n) is 6.49. The second-order valence-electron chi connectivity index (χ2n) is 4.79. The highest BCUT2D eigenvalue weighted by Crippen LogP contribution is 2.39. The molecule has 2 amide bonds. The standard InChI is InChI=1S/C14H15ClN2O2S/c1-9-8-19-7-6-17(9)14(18)16-13-12(15)10-4-2-3-5-11(10)20-13/h2-5,9H,6-8H2,1H3,(H,16,18). The highest BCUT2D eigenvalue weighted by molar-refractivity contribution is 7.23. The molecule has 2 heterocycles. The number of nitrogens with one attached hydrogen (secondary N) is 1. The van der Waals surface area contributed by atoms with Gasteiger partial charge in [-0.25, -0.2) is 4.79 Å². The van der Waals surface area contributed by atoms with E-state index in [4.69, 9.17) is 16.3 Å². The lowest BCUT2D eigenvalue weighted by Crippen LogP contribution is -2.48. The molecular weight excluding hydrogens is 296 g/mol. The number of amides is 2. The molecule has 20 heavy (non-hydrogen) atoms. The Bertz CT molecular complexity index is 643. The van der Waals surface area contributed by atoms with E-state index in [0.29, 0.717) is 29.8 Å². The Morgan fingerprint density at radius 3 is 3.05 bits per heavy atom. The van der Waals surface area contributed by atoms with E-state index in [1.165, 1.54) is 11.3 Å². The molecule has 1 aromatic heterocycles. The number of hydrogen-bond acceptors (Lipinski definition) is 3. The first kappa shape index (κ1) is 13.7. The van der Waals surface area contributed by atoms with Gasteiger partial charge in [-0.1, -0.05) is 29.8 Å². The van der Waals surface area contributed by atoms with Crippen molar-refractivity contribution in [3.8, 4) is 0 Å². The molecule has 106 valence electrons. The van der Waals surface area contributed by atoms with Crippen LogP contribution in [0.2, 0.25) is 5.02 Å². The van der Waals surface area contributed by atoms with Crippen molar-refractivity contribution in [3.63, 3.8) is 0 Å². The quantitative estimate of drug-likeness (QED) is 0.870. The summed E-state index contributed by atoms with van der Waals surface area (Å²) >= 11 is 7.82. The third-order valence-corrected chi connectivity index (χ3v) is 4.97. The van der Waals surface area contributed by atoms with E-state index >= 15 is 0 Å². The summed E-state index contributed by atoms with van der Waals surface area (Å²) in [5, 5.41) is 5.21. The Kier molecular flexibility index (Phi) is 3.83. The van der Waals surface area contributed by atoms with Crippen molar-refractivity contribution >= 4 is 44.1 Å². The SMILES string of the molecule is CC1COCCN1C(=O)Nc1sc2ccccc2c1Cl. The van der Waals surface area contributed by atoms with E-state index in [-0.39, 0.29) is 12.1 Å². The first-order chi connectivity index (χ1) is 9.66. The van der Waals surface area contributed by atoms with Crippen LogP contribution in [-0.4, -0.2) is 36.7 Å². The Morgan fingerprint density at radius 1 is 1.50 bits per heavy atom. The van der Waals surface area contributed by atoms with Crippen LogP contribution in [0.25, 0.3) is 10.1 Å². The third kappa shape index (κ3) is 2.49. The summed E-state index contributed by atoms with van der Waals surface area (Å²) in [6.07, 6.45) is 0. The molecule has 0 saturated carbocycles. The van der Waals surface area contributed by atoms with Crippen LogP contribution in [0, 0.1) is 0 Å².